The lowest BCUT2D eigenvalue weighted by Crippen LogP contribution is -2.61. The molecule has 2 atom stereocenters. The Morgan fingerprint density at radius 1 is 0.489 bits per heavy atom. The van der Waals surface area contributed by atoms with Crippen LogP contribution in [0.25, 0.3) is 0 Å². The van der Waals surface area contributed by atoms with E-state index in [1.54, 1.807) is 13.8 Å². The largest absolute Gasteiger partial charge is 0.445 e. The van der Waals surface area contributed by atoms with Crippen LogP contribution in [0.1, 0.15) is 48.9 Å². The zero-order chi connectivity index (χ0) is 33.5. The summed E-state index contributed by atoms with van der Waals surface area (Å²) in [5, 5.41) is 5.41. The van der Waals surface area contributed by atoms with Gasteiger partial charge in [0.25, 0.3) is 0 Å². The van der Waals surface area contributed by atoms with Crippen LogP contribution in [0.3, 0.4) is 0 Å². The van der Waals surface area contributed by atoms with Gasteiger partial charge < -0.3 is 24.8 Å². The van der Waals surface area contributed by atoms with Crippen molar-refractivity contribution in [1.82, 2.24) is 10.6 Å². The molecule has 0 aliphatic rings. The minimum atomic E-state index is -1.66. The Morgan fingerprint density at radius 2 is 0.787 bits per heavy atom. The quantitative estimate of drug-likeness (QED) is 0.0899. The van der Waals surface area contributed by atoms with Crippen LogP contribution in [-0.2, 0) is 49.9 Å². The number of benzene rings is 4. The number of carbonyl (C=O) groups excluding carboxylic acids is 4. The van der Waals surface area contributed by atoms with Crippen molar-refractivity contribution in [2.45, 2.75) is 63.8 Å². The van der Waals surface area contributed by atoms with E-state index in [9.17, 15) is 19.2 Å². The number of rotatable bonds is 14. The fraction of sp³-hybridized carbons (Fsp3) is 0.263. The lowest BCUT2D eigenvalue weighted by molar-refractivity contribution is -0.169. The summed E-state index contributed by atoms with van der Waals surface area (Å²) >= 11 is 0. The average molecular weight is 637 g/mol. The third-order valence-corrected chi connectivity index (χ3v) is 7.98. The topological polar surface area (TPSA) is 120 Å². The Balaban J connectivity index is 1.58. The van der Waals surface area contributed by atoms with Gasteiger partial charge in [0.05, 0.1) is 0 Å². The van der Waals surface area contributed by atoms with Gasteiger partial charge in [0, 0.05) is 12.8 Å². The van der Waals surface area contributed by atoms with E-state index in [4.69, 9.17) is 14.2 Å². The summed E-state index contributed by atoms with van der Waals surface area (Å²) in [5.74, 6) is -1.95. The zero-order valence-corrected chi connectivity index (χ0v) is 26.6. The predicted octanol–water partition coefficient (Wildman–Crippen LogP) is 6.69. The van der Waals surface area contributed by atoms with Gasteiger partial charge in [-0.05, 0) is 35.1 Å². The molecule has 0 heterocycles. The molecule has 0 saturated heterocycles. The Bertz CT molecular complexity index is 1480. The molecule has 9 nitrogen and oxygen atoms in total. The third-order valence-electron chi connectivity index (χ3n) is 7.98. The average Bonchev–Trinajstić information content (AvgIpc) is 3.11. The van der Waals surface area contributed by atoms with Crippen molar-refractivity contribution < 1.29 is 33.4 Å². The van der Waals surface area contributed by atoms with Crippen LogP contribution >= 0.6 is 0 Å². The third kappa shape index (κ3) is 9.77. The molecule has 4 aromatic carbocycles. The fourth-order valence-corrected chi connectivity index (χ4v) is 5.13. The van der Waals surface area contributed by atoms with Crippen LogP contribution in [-0.4, -0.2) is 35.2 Å². The maximum atomic E-state index is 14.1. The smallest absolute Gasteiger partial charge is 0.408 e. The van der Waals surface area contributed by atoms with Crippen molar-refractivity contribution in [1.29, 1.82) is 0 Å². The van der Waals surface area contributed by atoms with Gasteiger partial charge in [-0.25, -0.2) is 19.2 Å². The molecule has 0 aliphatic heterocycles. The van der Waals surface area contributed by atoms with Crippen LogP contribution in [0.4, 0.5) is 9.59 Å². The van der Waals surface area contributed by atoms with Crippen molar-refractivity contribution in [2.75, 3.05) is 0 Å². The molecule has 0 fully saturated rings. The van der Waals surface area contributed by atoms with Crippen molar-refractivity contribution >= 4 is 24.1 Å². The van der Waals surface area contributed by atoms with Crippen LogP contribution in [0, 0.1) is 0 Å². The first kappa shape index (κ1) is 34.4. The van der Waals surface area contributed by atoms with Crippen LogP contribution in [0.2, 0.25) is 0 Å². The molecule has 4 aromatic rings. The Morgan fingerprint density at radius 3 is 1.09 bits per heavy atom. The van der Waals surface area contributed by atoms with E-state index < -0.39 is 35.2 Å². The summed E-state index contributed by atoms with van der Waals surface area (Å²) in [7, 11) is 0. The molecule has 4 rings (SSSR count). The van der Waals surface area contributed by atoms with Crippen LogP contribution < -0.4 is 10.6 Å². The van der Waals surface area contributed by atoms with Crippen molar-refractivity contribution in [3.63, 3.8) is 0 Å². The molecule has 0 bridgehead atoms. The summed E-state index contributed by atoms with van der Waals surface area (Å²) in [6.45, 7) is 3.39. The van der Waals surface area contributed by atoms with E-state index in [0.29, 0.717) is 0 Å². The normalized spacial score (nSPS) is 13.2. The minimum Gasteiger partial charge on any atom is -0.445 e. The van der Waals surface area contributed by atoms with E-state index in [2.05, 4.69) is 10.6 Å². The number of ether oxygens (including phenoxy) is 3. The summed E-state index contributed by atoms with van der Waals surface area (Å²) < 4.78 is 16.5. The van der Waals surface area contributed by atoms with Gasteiger partial charge in [0.1, 0.15) is 24.3 Å². The lowest BCUT2D eigenvalue weighted by atomic mass is 9.86. The molecule has 0 saturated carbocycles. The fourth-order valence-electron chi connectivity index (χ4n) is 5.13. The first-order chi connectivity index (χ1) is 22.8. The molecule has 0 aromatic heterocycles. The summed E-state index contributed by atoms with van der Waals surface area (Å²) in [4.78, 5) is 54.4. The lowest BCUT2D eigenvalue weighted by Gasteiger charge is -2.34. The van der Waals surface area contributed by atoms with Gasteiger partial charge in [-0.2, -0.15) is 0 Å². The van der Waals surface area contributed by atoms with Crippen molar-refractivity contribution in [2.24, 2.45) is 0 Å². The van der Waals surface area contributed by atoms with Gasteiger partial charge in [0.15, 0.2) is 0 Å². The van der Waals surface area contributed by atoms with Crippen molar-refractivity contribution in [3.05, 3.63) is 144 Å². The molecule has 2 amide bonds. The molecule has 0 unspecified atom stereocenters. The van der Waals surface area contributed by atoms with Crippen LogP contribution in [0.5, 0.6) is 0 Å². The first-order valence-corrected chi connectivity index (χ1v) is 15.6. The molecule has 47 heavy (non-hydrogen) atoms. The molecule has 244 valence electrons. The van der Waals surface area contributed by atoms with Gasteiger partial charge in [-0.15, -0.1) is 0 Å². The summed E-state index contributed by atoms with van der Waals surface area (Å²) in [5.41, 5.74) is -0.323. The molecule has 0 spiro atoms. The second-order valence-corrected chi connectivity index (χ2v) is 11.2. The summed E-state index contributed by atoms with van der Waals surface area (Å²) in [6, 6.07) is 36.4. The van der Waals surface area contributed by atoms with E-state index in [-0.39, 0.29) is 38.9 Å². The number of nitrogens with one attached hydrogen (secondary N) is 2. The molecule has 2 N–H and O–H groups in total. The standard InChI is InChI=1S/C38H40N2O7/c1-3-37(25-29-17-9-5-10-18-29,39-35(43)45-27-31-21-13-7-14-22-31)33(41)47-34(42)38(4-2,26-30-19-11-6-12-20-30)40-36(44)46-28-32-23-15-8-16-24-32/h5-24H,3-4,25-28H2,1-2H3,(H,39,43)(H,40,44)/t37-,38-/m1/s1. The molecule has 0 radical (unpaired) electrons. The highest BCUT2D eigenvalue weighted by Gasteiger charge is 2.47. The van der Waals surface area contributed by atoms with E-state index in [1.807, 2.05) is 121 Å². The second kappa shape index (κ2) is 16.7. The highest BCUT2D eigenvalue weighted by Crippen LogP contribution is 2.25. The highest BCUT2D eigenvalue weighted by atomic mass is 16.6. The highest BCUT2D eigenvalue weighted by molar-refractivity contribution is 5.98. The number of alkyl carbamates (subject to hydrolysis) is 2. The molecular formula is C38H40N2O7. The Hall–Kier alpha value is -5.44. The number of hydrogen-bond acceptors (Lipinski definition) is 7. The Labute approximate surface area is 275 Å². The van der Waals surface area contributed by atoms with E-state index in [0.717, 1.165) is 22.3 Å². The monoisotopic (exact) mass is 636 g/mol. The second-order valence-electron chi connectivity index (χ2n) is 11.2. The van der Waals surface area contributed by atoms with Gasteiger partial charge in [0.2, 0.25) is 0 Å². The number of hydrogen-bond donors (Lipinski definition) is 2. The zero-order valence-electron chi connectivity index (χ0n) is 26.6. The first-order valence-electron chi connectivity index (χ1n) is 15.6. The number of amides is 2. The number of esters is 2. The molecule has 9 heteroatoms. The SMILES string of the molecule is CC[C@](Cc1ccccc1)(NC(=O)OCc1ccccc1)C(=O)OC(=O)[C@@](CC)(Cc1ccccc1)NC(=O)OCc1ccccc1. The summed E-state index contributed by atoms with van der Waals surface area (Å²) in [6.07, 6.45) is -1.46. The molecular weight excluding hydrogens is 596 g/mol. The van der Waals surface area contributed by atoms with Gasteiger partial charge in [-0.3, -0.25) is 0 Å². The van der Waals surface area contributed by atoms with Gasteiger partial charge >= 0.3 is 24.1 Å². The van der Waals surface area contributed by atoms with Crippen LogP contribution in [0.15, 0.2) is 121 Å². The maximum absolute atomic E-state index is 14.1. The van der Waals surface area contributed by atoms with Crippen molar-refractivity contribution in [3.8, 4) is 0 Å². The van der Waals surface area contributed by atoms with E-state index in [1.165, 1.54) is 0 Å². The Kier molecular flexibility index (Phi) is 12.3. The van der Waals surface area contributed by atoms with Gasteiger partial charge in [-0.1, -0.05) is 135 Å². The van der Waals surface area contributed by atoms with E-state index >= 15 is 0 Å². The molecule has 0 aliphatic carbocycles. The maximum Gasteiger partial charge on any atom is 0.408 e. The number of carbonyl (C=O) groups is 4. The predicted molar refractivity (Wildman–Crippen MR) is 177 cm³/mol. The minimum absolute atomic E-state index is 0.0170.